The Morgan fingerprint density at radius 3 is 2.96 bits per heavy atom. The van der Waals surface area contributed by atoms with Crippen LogP contribution in [0.1, 0.15) is 28.5 Å². The van der Waals surface area contributed by atoms with Gasteiger partial charge in [-0.3, -0.25) is 4.79 Å². The van der Waals surface area contributed by atoms with Crippen molar-refractivity contribution in [1.29, 1.82) is 0 Å². The number of benzene rings is 2. The Kier molecular flexibility index (Phi) is 4.32. The van der Waals surface area contributed by atoms with Crippen LogP contribution in [0.5, 0.6) is 0 Å². The maximum absolute atomic E-state index is 12.3. The molecule has 1 N–H and O–H groups in total. The van der Waals surface area contributed by atoms with Crippen molar-refractivity contribution >= 4 is 28.0 Å². The van der Waals surface area contributed by atoms with E-state index in [0.717, 1.165) is 12.0 Å². The number of hydrogen-bond donors (Lipinski definition) is 1. The molecule has 4 heteroatoms. The number of carbonyl (C=O) groups is 1. The lowest BCUT2D eigenvalue weighted by atomic mass is 10.0. The number of hydrogen-bond acceptors (Lipinski definition) is 3. The predicted molar refractivity (Wildman–Crippen MR) is 97.1 cm³/mol. The van der Waals surface area contributed by atoms with E-state index in [1.165, 1.54) is 21.2 Å². The third-order valence-corrected chi connectivity index (χ3v) is 5.49. The smallest absolute Gasteiger partial charge is 0.223 e. The predicted octanol–water partition coefficient (Wildman–Crippen LogP) is 4.22. The lowest BCUT2D eigenvalue weighted by molar-refractivity contribution is -0.124. The molecule has 1 atom stereocenters. The number of nitrogens with one attached hydrogen (secondary N) is 1. The fraction of sp³-hybridized carbons (Fsp3) is 0.250. The second-order valence-corrected chi connectivity index (χ2v) is 7.03. The number of rotatable bonds is 4. The zero-order valence-corrected chi connectivity index (χ0v) is 14.1. The Balaban J connectivity index is 1.38. The average Bonchev–Trinajstić information content (AvgIpc) is 3.10. The highest BCUT2D eigenvalue weighted by molar-refractivity contribution is 7.10. The highest BCUT2D eigenvalue weighted by Crippen LogP contribution is 2.33. The number of carbonyl (C=O) groups excluding carboxylic acids is 1. The highest BCUT2D eigenvalue weighted by Gasteiger charge is 2.24. The van der Waals surface area contributed by atoms with Crippen molar-refractivity contribution in [2.24, 2.45) is 0 Å². The summed E-state index contributed by atoms with van der Waals surface area (Å²) in [6.07, 6.45) is 1.25. The fourth-order valence-corrected chi connectivity index (χ4v) is 4.17. The summed E-state index contributed by atoms with van der Waals surface area (Å²) >= 11 is 1.69. The van der Waals surface area contributed by atoms with E-state index in [4.69, 9.17) is 4.74 Å². The van der Waals surface area contributed by atoms with Crippen LogP contribution in [0, 0.1) is 0 Å². The molecule has 1 aromatic heterocycles. The minimum absolute atomic E-state index is 0.0365. The van der Waals surface area contributed by atoms with Crippen LogP contribution >= 0.6 is 11.3 Å². The van der Waals surface area contributed by atoms with E-state index in [-0.39, 0.29) is 12.0 Å². The van der Waals surface area contributed by atoms with Crippen molar-refractivity contribution in [3.8, 4) is 0 Å². The van der Waals surface area contributed by atoms with E-state index >= 15 is 0 Å². The van der Waals surface area contributed by atoms with Crippen molar-refractivity contribution in [1.82, 2.24) is 5.32 Å². The maximum Gasteiger partial charge on any atom is 0.223 e. The Morgan fingerprint density at radius 2 is 2.04 bits per heavy atom. The van der Waals surface area contributed by atoms with Gasteiger partial charge < -0.3 is 10.1 Å². The van der Waals surface area contributed by atoms with E-state index in [1.54, 1.807) is 11.3 Å². The van der Waals surface area contributed by atoms with E-state index in [0.29, 0.717) is 19.6 Å². The van der Waals surface area contributed by atoms with Crippen molar-refractivity contribution in [3.05, 3.63) is 69.9 Å². The molecule has 0 fully saturated rings. The van der Waals surface area contributed by atoms with Crippen LogP contribution in [0.3, 0.4) is 0 Å². The van der Waals surface area contributed by atoms with Crippen LogP contribution in [-0.2, 0) is 22.5 Å². The van der Waals surface area contributed by atoms with E-state index in [2.05, 4.69) is 47.1 Å². The van der Waals surface area contributed by atoms with Gasteiger partial charge in [-0.1, -0.05) is 36.4 Å². The molecule has 0 aliphatic carbocycles. The Bertz CT molecular complexity index is 871. The second-order valence-electron chi connectivity index (χ2n) is 6.08. The first-order valence-electron chi connectivity index (χ1n) is 8.22. The lowest BCUT2D eigenvalue weighted by Crippen LogP contribution is -2.26. The first-order chi connectivity index (χ1) is 11.8. The van der Waals surface area contributed by atoms with E-state index < -0.39 is 0 Å². The van der Waals surface area contributed by atoms with Crippen LogP contribution in [0.4, 0.5) is 0 Å². The molecule has 0 radical (unpaired) electrons. The molecule has 1 aliphatic rings. The maximum atomic E-state index is 12.3. The zero-order valence-electron chi connectivity index (χ0n) is 13.3. The molecular weight excluding hydrogens is 318 g/mol. The van der Waals surface area contributed by atoms with Gasteiger partial charge in [-0.05, 0) is 45.8 Å². The molecule has 4 rings (SSSR count). The minimum Gasteiger partial charge on any atom is -0.372 e. The third-order valence-electron chi connectivity index (χ3n) is 4.44. The lowest BCUT2D eigenvalue weighted by Gasteiger charge is -2.22. The summed E-state index contributed by atoms with van der Waals surface area (Å²) in [5.74, 6) is 0.0365. The van der Waals surface area contributed by atoms with Crippen molar-refractivity contribution in [3.63, 3.8) is 0 Å². The zero-order chi connectivity index (χ0) is 16.4. The van der Waals surface area contributed by atoms with E-state index in [9.17, 15) is 4.79 Å². The van der Waals surface area contributed by atoms with Gasteiger partial charge in [0, 0.05) is 11.4 Å². The van der Waals surface area contributed by atoms with Crippen molar-refractivity contribution in [2.75, 3.05) is 6.61 Å². The molecule has 24 heavy (non-hydrogen) atoms. The van der Waals surface area contributed by atoms with Crippen LogP contribution < -0.4 is 5.32 Å². The van der Waals surface area contributed by atoms with Gasteiger partial charge in [0.25, 0.3) is 0 Å². The normalized spacial score (nSPS) is 16.8. The third kappa shape index (κ3) is 3.21. The van der Waals surface area contributed by atoms with Gasteiger partial charge >= 0.3 is 0 Å². The van der Waals surface area contributed by atoms with Crippen LogP contribution in [0.15, 0.2) is 53.9 Å². The van der Waals surface area contributed by atoms with Crippen LogP contribution in [-0.4, -0.2) is 12.5 Å². The first kappa shape index (κ1) is 15.4. The average molecular weight is 337 g/mol. The Hall–Kier alpha value is -2.17. The van der Waals surface area contributed by atoms with Crippen LogP contribution in [0.25, 0.3) is 10.8 Å². The molecule has 3 aromatic rings. The molecule has 2 aromatic carbocycles. The fourth-order valence-electron chi connectivity index (χ4n) is 3.16. The Morgan fingerprint density at radius 1 is 1.17 bits per heavy atom. The van der Waals surface area contributed by atoms with Gasteiger partial charge in [0.1, 0.15) is 6.10 Å². The summed E-state index contributed by atoms with van der Waals surface area (Å²) in [5.41, 5.74) is 2.45. The summed E-state index contributed by atoms with van der Waals surface area (Å²) in [6.45, 7) is 1.25. The summed E-state index contributed by atoms with van der Waals surface area (Å²) in [4.78, 5) is 13.5. The largest absolute Gasteiger partial charge is 0.372 e. The molecule has 1 unspecified atom stereocenters. The topological polar surface area (TPSA) is 38.3 Å². The van der Waals surface area contributed by atoms with Gasteiger partial charge in [0.05, 0.1) is 13.0 Å². The minimum atomic E-state index is -0.0923. The highest BCUT2D eigenvalue weighted by atomic mass is 32.1. The number of thiophene rings is 1. The standard InChI is InChI=1S/C20H19NO2S/c22-19(12-18-20-16(7-9-23-18)8-10-24-20)21-13-14-5-6-15-3-1-2-4-17(15)11-14/h1-6,8,10-11,18H,7,9,12-13H2,(H,21,22). The SMILES string of the molecule is O=C(CC1OCCc2ccsc21)NCc1ccc2ccccc2c1. The number of ether oxygens (including phenoxy) is 1. The molecule has 1 amide bonds. The quantitative estimate of drug-likeness (QED) is 0.774. The Labute approximate surface area is 145 Å². The summed E-state index contributed by atoms with van der Waals surface area (Å²) in [6, 6.07) is 16.7. The summed E-state index contributed by atoms with van der Waals surface area (Å²) < 4.78 is 5.79. The molecule has 2 heterocycles. The second kappa shape index (κ2) is 6.75. The van der Waals surface area contributed by atoms with Gasteiger partial charge in [-0.2, -0.15) is 0 Å². The van der Waals surface area contributed by atoms with E-state index in [1.807, 2.05) is 12.1 Å². The molecule has 0 saturated heterocycles. The van der Waals surface area contributed by atoms with Crippen molar-refractivity contribution in [2.45, 2.75) is 25.5 Å². The first-order valence-corrected chi connectivity index (χ1v) is 9.10. The molecule has 1 aliphatic heterocycles. The van der Waals surface area contributed by atoms with Gasteiger partial charge in [0.15, 0.2) is 0 Å². The number of amides is 1. The van der Waals surface area contributed by atoms with Gasteiger partial charge in [-0.15, -0.1) is 11.3 Å². The molecule has 3 nitrogen and oxygen atoms in total. The molecule has 0 bridgehead atoms. The molecule has 122 valence electrons. The van der Waals surface area contributed by atoms with Gasteiger partial charge in [0.2, 0.25) is 5.91 Å². The molecule has 0 spiro atoms. The number of fused-ring (bicyclic) bond motifs is 2. The molecular formula is C20H19NO2S. The molecule has 0 saturated carbocycles. The summed E-state index contributed by atoms with van der Waals surface area (Å²) in [5, 5.41) is 7.52. The van der Waals surface area contributed by atoms with Gasteiger partial charge in [-0.25, -0.2) is 0 Å². The van der Waals surface area contributed by atoms with Crippen molar-refractivity contribution < 1.29 is 9.53 Å². The van der Waals surface area contributed by atoms with Crippen LogP contribution in [0.2, 0.25) is 0 Å². The monoisotopic (exact) mass is 337 g/mol. The summed E-state index contributed by atoms with van der Waals surface area (Å²) in [7, 11) is 0.